The summed E-state index contributed by atoms with van der Waals surface area (Å²) in [6.07, 6.45) is 15.0. The molecule has 5 nitrogen and oxygen atoms in total. The molecule has 0 spiro atoms. The number of rotatable bonds is 25. The maximum absolute atomic E-state index is 5.61. The molecule has 0 aliphatic carbocycles. The van der Waals surface area contributed by atoms with Gasteiger partial charge in [0.05, 0.1) is 52.9 Å². The molecular formula is C23H48O5. The van der Waals surface area contributed by atoms with E-state index in [4.69, 9.17) is 23.7 Å². The zero-order valence-electron chi connectivity index (χ0n) is 18.9. The first-order valence-electron chi connectivity index (χ1n) is 11.8. The van der Waals surface area contributed by atoms with Crippen molar-refractivity contribution in [2.45, 2.75) is 84.5 Å². The van der Waals surface area contributed by atoms with Gasteiger partial charge in [0, 0.05) is 13.2 Å². The Morgan fingerprint density at radius 1 is 0.321 bits per heavy atom. The van der Waals surface area contributed by atoms with Crippen molar-refractivity contribution in [2.24, 2.45) is 0 Å². The third kappa shape index (κ3) is 25.8. The molecule has 0 N–H and O–H groups in total. The summed E-state index contributed by atoms with van der Waals surface area (Å²) in [4.78, 5) is 0. The highest BCUT2D eigenvalue weighted by molar-refractivity contribution is 4.48. The van der Waals surface area contributed by atoms with Crippen LogP contribution in [0.25, 0.3) is 0 Å². The molecule has 0 amide bonds. The second-order valence-corrected chi connectivity index (χ2v) is 7.18. The van der Waals surface area contributed by atoms with Crippen LogP contribution in [0, 0.1) is 0 Å². The van der Waals surface area contributed by atoms with Crippen LogP contribution >= 0.6 is 0 Å². The highest BCUT2D eigenvalue weighted by atomic mass is 16.6. The molecule has 0 fully saturated rings. The summed E-state index contributed by atoms with van der Waals surface area (Å²) in [5.74, 6) is 0. The molecule has 0 aromatic carbocycles. The van der Waals surface area contributed by atoms with Gasteiger partial charge in [0.2, 0.25) is 0 Å². The third-order valence-corrected chi connectivity index (χ3v) is 4.58. The molecule has 5 heteroatoms. The first-order valence-corrected chi connectivity index (χ1v) is 11.8. The lowest BCUT2D eigenvalue weighted by Gasteiger charge is -2.07. The van der Waals surface area contributed by atoms with Crippen LogP contribution in [0.2, 0.25) is 0 Å². The smallest absolute Gasteiger partial charge is 0.0701 e. The minimum Gasteiger partial charge on any atom is -0.379 e. The molecule has 0 rings (SSSR count). The highest BCUT2D eigenvalue weighted by Crippen LogP contribution is 2.11. The van der Waals surface area contributed by atoms with Gasteiger partial charge >= 0.3 is 0 Å². The summed E-state index contributed by atoms with van der Waals surface area (Å²) in [6, 6.07) is 0. The molecule has 0 atom stereocenters. The first-order chi connectivity index (χ1) is 13.9. The predicted octanol–water partition coefficient (Wildman–Crippen LogP) is 5.40. The van der Waals surface area contributed by atoms with Crippen LogP contribution in [0.5, 0.6) is 0 Å². The molecule has 0 saturated carbocycles. The van der Waals surface area contributed by atoms with Gasteiger partial charge in [-0.15, -0.1) is 0 Å². The maximum atomic E-state index is 5.61. The van der Waals surface area contributed by atoms with Gasteiger partial charge in [-0.3, -0.25) is 0 Å². The molecule has 0 heterocycles. The van der Waals surface area contributed by atoms with Crippen molar-refractivity contribution in [3.05, 3.63) is 0 Å². The van der Waals surface area contributed by atoms with Gasteiger partial charge in [-0.2, -0.15) is 0 Å². The van der Waals surface area contributed by atoms with E-state index < -0.39 is 0 Å². The van der Waals surface area contributed by atoms with E-state index in [0.717, 1.165) is 13.2 Å². The molecule has 0 saturated heterocycles. The van der Waals surface area contributed by atoms with Crippen molar-refractivity contribution in [2.75, 3.05) is 66.1 Å². The minimum atomic E-state index is 0.602. The Hall–Kier alpha value is -0.200. The summed E-state index contributed by atoms with van der Waals surface area (Å²) >= 11 is 0. The van der Waals surface area contributed by atoms with Gasteiger partial charge in [0.25, 0.3) is 0 Å². The van der Waals surface area contributed by atoms with Crippen LogP contribution in [0.1, 0.15) is 84.5 Å². The van der Waals surface area contributed by atoms with Crippen LogP contribution in [-0.4, -0.2) is 66.1 Å². The average molecular weight is 405 g/mol. The number of ether oxygens (including phenoxy) is 5. The third-order valence-electron chi connectivity index (χ3n) is 4.58. The van der Waals surface area contributed by atoms with E-state index in [-0.39, 0.29) is 0 Å². The van der Waals surface area contributed by atoms with Gasteiger partial charge in [0.15, 0.2) is 0 Å². The van der Waals surface area contributed by atoms with Crippen molar-refractivity contribution in [1.82, 2.24) is 0 Å². The molecule has 0 aliphatic rings. The molecule has 0 aromatic rings. The predicted molar refractivity (Wildman–Crippen MR) is 116 cm³/mol. The van der Waals surface area contributed by atoms with Crippen molar-refractivity contribution in [3.8, 4) is 0 Å². The topological polar surface area (TPSA) is 46.2 Å². The van der Waals surface area contributed by atoms with Gasteiger partial charge in [0.1, 0.15) is 0 Å². The van der Waals surface area contributed by atoms with Crippen molar-refractivity contribution in [1.29, 1.82) is 0 Å². The quantitative estimate of drug-likeness (QED) is 0.191. The standard InChI is InChI=1S/C23H48O5/c1-3-5-6-7-8-9-10-11-12-13-14-15-25-18-19-27-22-23-28-21-20-26-17-16-24-4-2/h3-23H2,1-2H3. The Balaban J connectivity index is 2.96. The summed E-state index contributed by atoms with van der Waals surface area (Å²) in [5.41, 5.74) is 0. The molecule has 0 aromatic heterocycles. The highest BCUT2D eigenvalue weighted by Gasteiger charge is 1.95. The van der Waals surface area contributed by atoms with E-state index in [9.17, 15) is 0 Å². The summed E-state index contributed by atoms with van der Waals surface area (Å²) in [5, 5.41) is 0. The Morgan fingerprint density at radius 2 is 0.643 bits per heavy atom. The minimum absolute atomic E-state index is 0.602. The fraction of sp³-hybridized carbons (Fsp3) is 1.00. The van der Waals surface area contributed by atoms with Crippen LogP contribution in [0.4, 0.5) is 0 Å². The van der Waals surface area contributed by atoms with Gasteiger partial charge in [-0.25, -0.2) is 0 Å². The molecule has 28 heavy (non-hydrogen) atoms. The molecule has 0 bridgehead atoms. The fourth-order valence-corrected chi connectivity index (χ4v) is 2.89. The lowest BCUT2D eigenvalue weighted by molar-refractivity contribution is -0.0104. The largest absolute Gasteiger partial charge is 0.379 e. The van der Waals surface area contributed by atoms with Gasteiger partial charge < -0.3 is 23.7 Å². The van der Waals surface area contributed by atoms with Crippen molar-refractivity contribution >= 4 is 0 Å². The molecule has 0 unspecified atom stereocenters. The lowest BCUT2D eigenvalue weighted by atomic mass is 10.1. The second-order valence-electron chi connectivity index (χ2n) is 7.18. The number of unbranched alkanes of at least 4 members (excludes halogenated alkanes) is 10. The van der Waals surface area contributed by atoms with Gasteiger partial charge in [-0.1, -0.05) is 71.1 Å². The zero-order chi connectivity index (χ0) is 20.4. The number of hydrogen-bond donors (Lipinski definition) is 0. The monoisotopic (exact) mass is 404 g/mol. The van der Waals surface area contributed by atoms with Crippen LogP contribution < -0.4 is 0 Å². The molecule has 0 radical (unpaired) electrons. The van der Waals surface area contributed by atoms with Crippen LogP contribution in [-0.2, 0) is 23.7 Å². The molecule has 0 aliphatic heterocycles. The summed E-state index contributed by atoms with van der Waals surface area (Å²) < 4.78 is 27.1. The normalized spacial score (nSPS) is 11.4. The Kier molecular flexibility index (Phi) is 26.6. The van der Waals surface area contributed by atoms with E-state index in [2.05, 4.69) is 6.92 Å². The van der Waals surface area contributed by atoms with Crippen molar-refractivity contribution < 1.29 is 23.7 Å². The zero-order valence-corrected chi connectivity index (χ0v) is 18.9. The van der Waals surface area contributed by atoms with Crippen LogP contribution in [0.3, 0.4) is 0 Å². The van der Waals surface area contributed by atoms with E-state index in [1.54, 1.807) is 0 Å². The SMILES string of the molecule is CCCCCCCCCCCCCOCCOCCOCCOCCOCC. The average Bonchev–Trinajstić information content (AvgIpc) is 2.71. The second kappa shape index (κ2) is 26.8. The van der Waals surface area contributed by atoms with Gasteiger partial charge in [-0.05, 0) is 13.3 Å². The lowest BCUT2D eigenvalue weighted by Crippen LogP contribution is -2.13. The van der Waals surface area contributed by atoms with E-state index >= 15 is 0 Å². The van der Waals surface area contributed by atoms with E-state index in [0.29, 0.717) is 52.9 Å². The summed E-state index contributed by atoms with van der Waals surface area (Å²) in [7, 11) is 0. The van der Waals surface area contributed by atoms with Crippen LogP contribution in [0.15, 0.2) is 0 Å². The molecular weight excluding hydrogens is 356 g/mol. The Bertz CT molecular complexity index is 237. The molecule has 170 valence electrons. The fourth-order valence-electron chi connectivity index (χ4n) is 2.89. The summed E-state index contributed by atoms with van der Waals surface area (Å²) in [6.45, 7) is 10.9. The van der Waals surface area contributed by atoms with Crippen molar-refractivity contribution in [3.63, 3.8) is 0 Å². The van der Waals surface area contributed by atoms with E-state index in [1.807, 2.05) is 6.92 Å². The Morgan fingerprint density at radius 3 is 1.04 bits per heavy atom. The van der Waals surface area contributed by atoms with E-state index in [1.165, 1.54) is 70.6 Å². The number of hydrogen-bond acceptors (Lipinski definition) is 5. The first kappa shape index (κ1) is 27.8. The Labute approximate surface area is 174 Å². The maximum Gasteiger partial charge on any atom is 0.0701 e.